The third-order valence-corrected chi connectivity index (χ3v) is 8.24. The molecule has 1 N–H and O–H groups in total. The minimum Gasteiger partial charge on any atom is -0.387 e. The van der Waals surface area contributed by atoms with E-state index < -0.39 is 20.2 Å². The topological polar surface area (TPSA) is 74.7 Å². The number of hydrogen-bond acceptors (Lipinski definition) is 4. The summed E-state index contributed by atoms with van der Waals surface area (Å²) in [6, 6.07) is 8.18. The average molecular weight is 351 g/mol. The summed E-state index contributed by atoms with van der Waals surface area (Å²) in [5.41, 5.74) is -0.956. The van der Waals surface area contributed by atoms with Crippen molar-refractivity contribution in [3.05, 3.63) is 30.3 Å². The summed E-state index contributed by atoms with van der Waals surface area (Å²) in [6.07, 6.45) is 0.710. The normalized spacial score (nSPS) is 29.0. The van der Waals surface area contributed by atoms with Crippen molar-refractivity contribution >= 4 is 15.7 Å². The van der Waals surface area contributed by atoms with E-state index in [2.05, 4.69) is 0 Å². The van der Waals surface area contributed by atoms with Crippen LogP contribution in [-0.4, -0.2) is 47.8 Å². The lowest BCUT2D eigenvalue weighted by molar-refractivity contribution is -0.131. The van der Waals surface area contributed by atoms with E-state index in [9.17, 15) is 18.3 Å². The van der Waals surface area contributed by atoms with E-state index in [0.717, 1.165) is 0 Å². The number of carbonyl (C=O) groups is 1. The Labute approximate surface area is 143 Å². The summed E-state index contributed by atoms with van der Waals surface area (Å²) >= 11 is 0. The number of β-amino-alcohol motifs (C(OH)–C–C–N with tert-alkyl or cyclic N) is 1. The van der Waals surface area contributed by atoms with Crippen molar-refractivity contribution in [3.8, 4) is 0 Å². The summed E-state index contributed by atoms with van der Waals surface area (Å²) in [5.74, 6) is -0.419. The van der Waals surface area contributed by atoms with Crippen molar-refractivity contribution in [2.24, 2.45) is 11.8 Å². The van der Waals surface area contributed by atoms with Crippen LogP contribution in [0.2, 0.25) is 0 Å². The van der Waals surface area contributed by atoms with Gasteiger partial charge >= 0.3 is 0 Å². The standard InChI is InChI=1S/C18H25NO4S/c1-13(2)18(21)12-19(11-14(18)3)16(20)17(9-10-17)24(22,23)15-7-5-4-6-8-15/h4-8,13-14,21H,9-12H2,1-3H3/t14-,18-/m1/s1. The monoisotopic (exact) mass is 351 g/mol. The van der Waals surface area contributed by atoms with Crippen molar-refractivity contribution in [1.29, 1.82) is 0 Å². The third-order valence-electron chi connectivity index (χ3n) is 5.74. The van der Waals surface area contributed by atoms with Crippen molar-refractivity contribution < 1.29 is 18.3 Å². The van der Waals surface area contributed by atoms with Crippen molar-refractivity contribution in [2.45, 2.75) is 48.9 Å². The van der Waals surface area contributed by atoms with E-state index in [0.29, 0.717) is 19.4 Å². The highest BCUT2D eigenvalue weighted by Crippen LogP contribution is 2.49. The quantitative estimate of drug-likeness (QED) is 0.898. The zero-order chi connectivity index (χ0) is 17.8. The Morgan fingerprint density at radius 1 is 1.25 bits per heavy atom. The van der Waals surface area contributed by atoms with Crippen molar-refractivity contribution in [2.75, 3.05) is 13.1 Å². The minimum atomic E-state index is -3.71. The number of likely N-dealkylation sites (tertiary alicyclic amines) is 1. The van der Waals surface area contributed by atoms with Gasteiger partial charge in [-0.05, 0) is 30.9 Å². The summed E-state index contributed by atoms with van der Waals surface area (Å²) in [5, 5.41) is 10.8. The fourth-order valence-corrected chi connectivity index (χ4v) is 5.71. The lowest BCUT2D eigenvalue weighted by atomic mass is 9.82. The molecule has 1 aliphatic heterocycles. The molecule has 24 heavy (non-hydrogen) atoms. The van der Waals surface area contributed by atoms with Crippen LogP contribution in [0.5, 0.6) is 0 Å². The Hall–Kier alpha value is -1.40. The summed E-state index contributed by atoms with van der Waals surface area (Å²) in [6.45, 7) is 6.38. The molecule has 1 aromatic carbocycles. The highest BCUT2D eigenvalue weighted by Gasteiger charge is 2.64. The van der Waals surface area contributed by atoms with Crippen molar-refractivity contribution in [1.82, 2.24) is 4.90 Å². The second-order valence-electron chi connectivity index (χ2n) is 7.54. The van der Waals surface area contributed by atoms with Gasteiger partial charge in [0.15, 0.2) is 14.6 Å². The van der Waals surface area contributed by atoms with Crippen LogP contribution < -0.4 is 0 Å². The van der Waals surface area contributed by atoms with E-state index in [1.54, 1.807) is 35.2 Å². The first kappa shape index (κ1) is 17.4. The lowest BCUT2D eigenvalue weighted by Crippen LogP contribution is -2.47. The first-order chi connectivity index (χ1) is 11.1. The fourth-order valence-electron chi connectivity index (χ4n) is 3.75. The maximum Gasteiger partial charge on any atom is 0.244 e. The third kappa shape index (κ3) is 2.39. The Morgan fingerprint density at radius 2 is 1.83 bits per heavy atom. The van der Waals surface area contributed by atoms with Crippen LogP contribution in [0.4, 0.5) is 0 Å². The number of hydrogen-bond donors (Lipinski definition) is 1. The van der Waals surface area contributed by atoms with Crippen LogP contribution in [0.15, 0.2) is 35.2 Å². The molecule has 0 bridgehead atoms. The molecule has 1 amide bonds. The van der Waals surface area contributed by atoms with Crippen molar-refractivity contribution in [3.63, 3.8) is 0 Å². The van der Waals surface area contributed by atoms with Gasteiger partial charge in [-0.2, -0.15) is 0 Å². The van der Waals surface area contributed by atoms with Gasteiger partial charge in [0, 0.05) is 12.5 Å². The molecule has 5 nitrogen and oxygen atoms in total. The van der Waals surface area contributed by atoms with E-state index in [1.807, 2.05) is 20.8 Å². The number of carbonyl (C=O) groups excluding carboxylic acids is 1. The summed E-state index contributed by atoms with van der Waals surface area (Å²) < 4.78 is 24.6. The number of aliphatic hydroxyl groups is 1. The lowest BCUT2D eigenvalue weighted by Gasteiger charge is -2.31. The van der Waals surface area contributed by atoms with Gasteiger partial charge in [-0.3, -0.25) is 4.79 Å². The Morgan fingerprint density at radius 3 is 2.29 bits per heavy atom. The molecule has 0 unspecified atom stereocenters. The van der Waals surface area contributed by atoms with Gasteiger partial charge < -0.3 is 10.0 Å². The molecule has 1 heterocycles. The van der Waals surface area contributed by atoms with Gasteiger partial charge in [-0.1, -0.05) is 39.0 Å². The zero-order valence-electron chi connectivity index (χ0n) is 14.4. The smallest absolute Gasteiger partial charge is 0.244 e. The Kier molecular flexibility index (Phi) is 4.04. The van der Waals surface area contributed by atoms with E-state index in [-0.39, 0.29) is 29.2 Å². The number of rotatable bonds is 4. The molecule has 1 saturated carbocycles. The first-order valence-corrected chi connectivity index (χ1v) is 9.95. The zero-order valence-corrected chi connectivity index (χ0v) is 15.2. The maximum absolute atomic E-state index is 13.0. The van der Waals surface area contributed by atoms with E-state index in [1.165, 1.54) is 0 Å². The highest BCUT2D eigenvalue weighted by atomic mass is 32.2. The minimum absolute atomic E-state index is 0.00573. The van der Waals surface area contributed by atoms with Crippen LogP contribution in [0.25, 0.3) is 0 Å². The molecule has 0 aromatic heterocycles. The summed E-state index contributed by atoms with van der Waals surface area (Å²) in [7, 11) is -3.71. The molecule has 6 heteroatoms. The van der Waals surface area contributed by atoms with Crippen LogP contribution in [0, 0.1) is 11.8 Å². The van der Waals surface area contributed by atoms with Gasteiger partial charge in [-0.25, -0.2) is 8.42 Å². The van der Waals surface area contributed by atoms with Crippen LogP contribution >= 0.6 is 0 Å². The first-order valence-electron chi connectivity index (χ1n) is 8.46. The van der Waals surface area contributed by atoms with Crippen LogP contribution in [0.3, 0.4) is 0 Å². The molecule has 2 fully saturated rings. The molecular formula is C18H25NO4S. The molecule has 132 valence electrons. The molecule has 1 aromatic rings. The van der Waals surface area contributed by atoms with Gasteiger partial charge in [0.05, 0.1) is 17.0 Å². The number of benzene rings is 1. The van der Waals surface area contributed by atoms with Gasteiger partial charge in [0.25, 0.3) is 0 Å². The fraction of sp³-hybridized carbons (Fsp3) is 0.611. The number of nitrogens with zero attached hydrogens (tertiary/aromatic N) is 1. The Bertz CT molecular complexity index is 740. The van der Waals surface area contributed by atoms with Gasteiger partial charge in [0.2, 0.25) is 5.91 Å². The number of amides is 1. The Balaban J connectivity index is 1.89. The van der Waals surface area contributed by atoms with E-state index >= 15 is 0 Å². The average Bonchev–Trinajstić information content (AvgIpc) is 3.30. The second kappa shape index (κ2) is 5.56. The van der Waals surface area contributed by atoms with Gasteiger partial charge in [0.1, 0.15) is 0 Å². The summed E-state index contributed by atoms with van der Waals surface area (Å²) in [4.78, 5) is 14.8. The molecule has 2 aliphatic rings. The highest BCUT2D eigenvalue weighted by molar-refractivity contribution is 7.94. The predicted octanol–water partition coefficient (Wildman–Crippen LogP) is 1.86. The maximum atomic E-state index is 13.0. The SMILES string of the molecule is CC(C)[C@]1(O)CN(C(=O)C2(S(=O)(=O)c3ccccc3)CC2)C[C@H]1C. The molecule has 0 radical (unpaired) electrons. The molecule has 3 rings (SSSR count). The van der Waals surface area contributed by atoms with Crippen LogP contribution in [0.1, 0.15) is 33.6 Å². The van der Waals surface area contributed by atoms with E-state index in [4.69, 9.17) is 0 Å². The van der Waals surface area contributed by atoms with Gasteiger partial charge in [-0.15, -0.1) is 0 Å². The second-order valence-corrected chi connectivity index (χ2v) is 9.80. The predicted molar refractivity (Wildman–Crippen MR) is 91.1 cm³/mol. The molecule has 1 saturated heterocycles. The molecule has 1 aliphatic carbocycles. The number of sulfone groups is 1. The molecule has 2 atom stereocenters. The largest absolute Gasteiger partial charge is 0.387 e. The molecular weight excluding hydrogens is 326 g/mol. The molecule has 0 spiro atoms. The van der Waals surface area contributed by atoms with Crippen LogP contribution in [-0.2, 0) is 14.6 Å².